The van der Waals surface area contributed by atoms with Crippen molar-refractivity contribution in [1.29, 1.82) is 0 Å². The van der Waals surface area contributed by atoms with E-state index in [9.17, 15) is 14.9 Å². The molecule has 5 rings (SSSR count). The molecule has 1 fully saturated rings. The summed E-state index contributed by atoms with van der Waals surface area (Å²) < 4.78 is 10.2. The van der Waals surface area contributed by atoms with Gasteiger partial charge in [-0.25, -0.2) is 4.79 Å². The number of benzene rings is 2. The molecule has 40 heavy (non-hydrogen) atoms. The highest BCUT2D eigenvalue weighted by atomic mass is 32.1. The first kappa shape index (κ1) is 27.8. The molecule has 10 heteroatoms. The van der Waals surface area contributed by atoms with Crippen molar-refractivity contribution in [2.24, 2.45) is 0 Å². The fraction of sp³-hybridized carbons (Fsp3) is 0.400. The van der Waals surface area contributed by atoms with E-state index in [1.54, 1.807) is 25.3 Å². The number of ether oxygens (including phenoxy) is 1. The molecule has 210 valence electrons. The van der Waals surface area contributed by atoms with Crippen LogP contribution in [0.25, 0.3) is 0 Å². The predicted octanol–water partition coefficient (Wildman–Crippen LogP) is 5.21. The third-order valence-electron chi connectivity index (χ3n) is 8.17. The number of aromatic nitrogens is 1. The van der Waals surface area contributed by atoms with Gasteiger partial charge in [-0.15, -0.1) is 0 Å². The summed E-state index contributed by atoms with van der Waals surface area (Å²) in [5.74, 6) is -0.450. The molecule has 3 heterocycles. The molecular weight excluding hydrogens is 526 g/mol. The summed E-state index contributed by atoms with van der Waals surface area (Å²) in [6.07, 6.45) is 2.37. The van der Waals surface area contributed by atoms with E-state index in [4.69, 9.17) is 9.11 Å². The summed E-state index contributed by atoms with van der Waals surface area (Å²) in [6.45, 7) is 12.9. The molecule has 0 spiro atoms. The second-order valence-corrected chi connectivity index (χ2v) is 11.3. The number of esters is 1. The lowest BCUT2D eigenvalue weighted by molar-refractivity contribution is -0.384. The van der Waals surface area contributed by atoms with Crippen LogP contribution in [0.15, 0.2) is 54.2 Å². The summed E-state index contributed by atoms with van der Waals surface area (Å²) in [6, 6.07) is 13.2. The first-order valence-electron chi connectivity index (χ1n) is 13.6. The normalized spacial score (nSPS) is 19.0. The van der Waals surface area contributed by atoms with Gasteiger partial charge in [-0.3, -0.25) is 15.0 Å². The van der Waals surface area contributed by atoms with Crippen LogP contribution in [0.2, 0.25) is 0 Å². The molecule has 1 saturated heterocycles. The zero-order valence-electron chi connectivity index (χ0n) is 23.4. The molecular formula is C30H35N5O4S. The van der Waals surface area contributed by atoms with Gasteiger partial charge in [-0.2, -0.15) is 4.37 Å². The molecule has 1 aromatic heterocycles. The summed E-state index contributed by atoms with van der Waals surface area (Å²) in [7, 11) is 0. The van der Waals surface area contributed by atoms with Gasteiger partial charge >= 0.3 is 5.97 Å². The van der Waals surface area contributed by atoms with E-state index < -0.39 is 16.3 Å². The molecule has 1 unspecified atom stereocenters. The van der Waals surface area contributed by atoms with Gasteiger partial charge in [0.25, 0.3) is 5.69 Å². The Morgan fingerprint density at radius 1 is 1.15 bits per heavy atom. The van der Waals surface area contributed by atoms with Crippen LogP contribution in [0, 0.1) is 24.0 Å². The van der Waals surface area contributed by atoms with Crippen molar-refractivity contribution in [3.05, 3.63) is 92.3 Å². The number of non-ortho nitro benzene ring substituents is 1. The fourth-order valence-corrected chi connectivity index (χ4v) is 6.55. The Labute approximate surface area is 238 Å². The van der Waals surface area contributed by atoms with Gasteiger partial charge < -0.3 is 15.0 Å². The van der Waals surface area contributed by atoms with E-state index in [0.717, 1.165) is 49.0 Å². The van der Waals surface area contributed by atoms with Crippen molar-refractivity contribution >= 4 is 33.9 Å². The summed E-state index contributed by atoms with van der Waals surface area (Å²) in [5.41, 5.74) is 5.76. The second-order valence-electron chi connectivity index (χ2n) is 10.5. The Morgan fingerprint density at radius 2 is 1.93 bits per heavy atom. The summed E-state index contributed by atoms with van der Waals surface area (Å²) in [5, 5.41) is 15.7. The van der Waals surface area contributed by atoms with E-state index in [1.165, 1.54) is 34.4 Å². The molecule has 9 nitrogen and oxygen atoms in total. The Balaban J connectivity index is 1.38. The molecule has 0 radical (unpaired) electrons. The fourth-order valence-electron chi connectivity index (χ4n) is 5.64. The van der Waals surface area contributed by atoms with Crippen LogP contribution in [0.3, 0.4) is 0 Å². The number of fused-ring (bicyclic) bond motifs is 1. The maximum absolute atomic E-state index is 13.1. The second kappa shape index (κ2) is 11.4. The molecule has 3 aromatic rings. The van der Waals surface area contributed by atoms with E-state index in [2.05, 4.69) is 47.2 Å². The maximum Gasteiger partial charge on any atom is 0.336 e. The number of nitro benzene ring substituents is 1. The molecule has 1 N–H and O–H groups in total. The number of hydrogen-bond acceptors (Lipinski definition) is 9. The zero-order valence-corrected chi connectivity index (χ0v) is 24.2. The minimum absolute atomic E-state index is 0.0200. The highest BCUT2D eigenvalue weighted by Gasteiger charge is 2.45. The Hall–Kier alpha value is -3.76. The van der Waals surface area contributed by atoms with Gasteiger partial charge in [0, 0.05) is 68.7 Å². The Kier molecular flexibility index (Phi) is 7.91. The number of anilines is 2. The van der Waals surface area contributed by atoms with Crippen molar-refractivity contribution < 1.29 is 14.5 Å². The predicted molar refractivity (Wildman–Crippen MR) is 158 cm³/mol. The molecule has 2 aromatic carbocycles. The van der Waals surface area contributed by atoms with Crippen LogP contribution < -0.4 is 10.2 Å². The molecule has 0 bridgehead atoms. The van der Waals surface area contributed by atoms with E-state index in [-0.39, 0.29) is 12.3 Å². The Bertz CT molecular complexity index is 1460. The van der Waals surface area contributed by atoms with Crippen molar-refractivity contribution in [2.75, 3.05) is 49.5 Å². The largest absolute Gasteiger partial charge is 0.463 e. The van der Waals surface area contributed by atoms with Crippen LogP contribution >= 0.6 is 11.5 Å². The number of nitrogens with zero attached hydrogens (tertiary/aromatic N) is 4. The highest BCUT2D eigenvalue weighted by molar-refractivity contribution is 7.10. The monoisotopic (exact) mass is 561 g/mol. The smallest absolute Gasteiger partial charge is 0.336 e. The first-order chi connectivity index (χ1) is 19.2. The van der Waals surface area contributed by atoms with Crippen LogP contribution in [0.5, 0.6) is 0 Å². The molecule has 0 saturated carbocycles. The lowest BCUT2D eigenvalue weighted by Crippen LogP contribution is -2.47. The number of nitrogens with one attached hydrogen (secondary N) is 1. The van der Waals surface area contributed by atoms with Gasteiger partial charge in [0.1, 0.15) is 5.00 Å². The lowest BCUT2D eigenvalue weighted by atomic mass is 9.69. The number of piperazine rings is 1. The lowest BCUT2D eigenvalue weighted by Gasteiger charge is -2.37. The van der Waals surface area contributed by atoms with Crippen molar-refractivity contribution in [3.63, 3.8) is 0 Å². The molecule has 1 atom stereocenters. The quantitative estimate of drug-likeness (QED) is 0.227. The molecule has 0 amide bonds. The van der Waals surface area contributed by atoms with Crippen LogP contribution in [-0.2, 0) is 21.4 Å². The summed E-state index contributed by atoms with van der Waals surface area (Å²) >= 11 is 1.35. The van der Waals surface area contributed by atoms with Gasteiger partial charge in [0.05, 0.1) is 28.2 Å². The van der Waals surface area contributed by atoms with Gasteiger partial charge in [-0.1, -0.05) is 18.2 Å². The zero-order chi connectivity index (χ0) is 28.4. The Morgan fingerprint density at radius 3 is 2.62 bits per heavy atom. The number of rotatable bonds is 8. The number of hydrogen-bond donors (Lipinski definition) is 1. The average molecular weight is 562 g/mol. The van der Waals surface area contributed by atoms with Crippen LogP contribution in [0.1, 0.15) is 41.8 Å². The van der Waals surface area contributed by atoms with Crippen molar-refractivity contribution in [2.45, 2.75) is 39.5 Å². The molecule has 0 aliphatic carbocycles. The topological polar surface area (TPSA) is 101 Å². The van der Waals surface area contributed by atoms with Gasteiger partial charge in [0.15, 0.2) is 0 Å². The van der Waals surface area contributed by atoms with Gasteiger partial charge in [0.2, 0.25) is 0 Å². The number of nitro groups is 1. The number of carbonyl (C=O) groups excluding carboxylic acids is 1. The third-order valence-corrected chi connectivity index (χ3v) is 8.99. The van der Waals surface area contributed by atoms with Crippen molar-refractivity contribution in [1.82, 2.24) is 9.27 Å². The minimum atomic E-state index is -0.955. The maximum atomic E-state index is 13.1. The van der Waals surface area contributed by atoms with Gasteiger partial charge in [-0.05, 0) is 68.1 Å². The standard InChI is InChI=1S/C30H35N5O4S/c1-5-39-29(36)25-19-31-28-27(30(25,4)22-7-6-8-24(18-22)35(37)38)26(32-40-28)11-12-33-13-15-34(16-14-33)23-10-9-20(2)21(3)17-23/h6-10,17-19,31H,5,11-16H2,1-4H3. The van der Waals surface area contributed by atoms with Crippen LogP contribution in [0.4, 0.5) is 16.4 Å². The number of aryl methyl sites for hydroxylation is 2. The van der Waals surface area contributed by atoms with E-state index in [1.807, 2.05) is 13.0 Å². The third kappa shape index (κ3) is 5.21. The van der Waals surface area contributed by atoms with E-state index in [0.29, 0.717) is 17.6 Å². The highest BCUT2D eigenvalue weighted by Crippen LogP contribution is 2.49. The van der Waals surface area contributed by atoms with Crippen molar-refractivity contribution in [3.8, 4) is 0 Å². The SMILES string of the molecule is CCOC(=O)C1=CNc2snc(CCN3CCN(c4ccc(C)c(C)c4)CC3)c2C1(C)c1cccc([N+](=O)[O-])c1. The molecule has 2 aliphatic rings. The number of carbonyl (C=O) groups is 1. The van der Waals surface area contributed by atoms with E-state index >= 15 is 0 Å². The summed E-state index contributed by atoms with van der Waals surface area (Å²) in [4.78, 5) is 29.2. The first-order valence-corrected chi connectivity index (χ1v) is 14.4. The van der Waals surface area contributed by atoms with Crippen LogP contribution in [-0.4, -0.2) is 59.5 Å². The average Bonchev–Trinajstić information content (AvgIpc) is 3.38. The molecule has 2 aliphatic heterocycles. The minimum Gasteiger partial charge on any atom is -0.463 e.